The van der Waals surface area contributed by atoms with Crippen LogP contribution in [0.4, 0.5) is 0 Å². The number of aliphatic hydroxyl groups is 1. The van der Waals surface area contributed by atoms with E-state index >= 15 is 0 Å². The monoisotopic (exact) mass is 319 g/mol. The molecular weight excluding hydrogens is 290 g/mol. The summed E-state index contributed by atoms with van der Waals surface area (Å²) in [5, 5.41) is 12.6. The van der Waals surface area contributed by atoms with Crippen LogP contribution in [0.25, 0.3) is 0 Å². The van der Waals surface area contributed by atoms with Crippen molar-refractivity contribution < 1.29 is 14.6 Å². The predicted molar refractivity (Wildman–Crippen MR) is 91.5 cm³/mol. The summed E-state index contributed by atoms with van der Waals surface area (Å²) >= 11 is 0. The van der Waals surface area contributed by atoms with Gasteiger partial charge < -0.3 is 15.2 Å². The third-order valence-electron chi connectivity index (χ3n) is 4.83. The third-order valence-corrected chi connectivity index (χ3v) is 4.83. The van der Waals surface area contributed by atoms with Crippen molar-refractivity contribution in [1.29, 1.82) is 0 Å². The number of hydrogen-bond donors (Lipinski definition) is 2. The van der Waals surface area contributed by atoms with Gasteiger partial charge in [0.05, 0.1) is 13.2 Å². The number of carbonyl (C=O) groups excluding carboxylic acids is 1. The van der Waals surface area contributed by atoms with Crippen LogP contribution in [-0.2, 0) is 4.79 Å². The molecule has 2 N–H and O–H groups in total. The molecule has 1 saturated carbocycles. The van der Waals surface area contributed by atoms with Crippen LogP contribution in [-0.4, -0.2) is 30.3 Å². The van der Waals surface area contributed by atoms with Crippen LogP contribution in [0.2, 0.25) is 0 Å². The molecule has 1 aromatic rings. The molecule has 0 radical (unpaired) electrons. The lowest BCUT2D eigenvalue weighted by molar-refractivity contribution is -0.122. The minimum atomic E-state index is -0.149. The summed E-state index contributed by atoms with van der Waals surface area (Å²) in [6.07, 6.45) is 5.24. The van der Waals surface area contributed by atoms with E-state index in [9.17, 15) is 9.90 Å². The summed E-state index contributed by atoms with van der Waals surface area (Å²) in [5.74, 6) is 0.978. The van der Waals surface area contributed by atoms with Gasteiger partial charge in [-0.2, -0.15) is 0 Å². The molecule has 0 aromatic heterocycles. The van der Waals surface area contributed by atoms with Gasteiger partial charge in [-0.05, 0) is 50.3 Å². The van der Waals surface area contributed by atoms with E-state index in [2.05, 4.69) is 12.2 Å². The van der Waals surface area contributed by atoms with Crippen LogP contribution in [0, 0.1) is 12.3 Å². The van der Waals surface area contributed by atoms with Crippen LogP contribution < -0.4 is 10.1 Å². The van der Waals surface area contributed by atoms with E-state index in [1.165, 1.54) is 5.56 Å². The molecule has 1 aromatic carbocycles. The van der Waals surface area contributed by atoms with Crippen LogP contribution in [0.3, 0.4) is 0 Å². The molecule has 128 valence electrons. The molecule has 1 amide bonds. The molecule has 0 heterocycles. The van der Waals surface area contributed by atoms with Crippen molar-refractivity contribution in [2.24, 2.45) is 5.41 Å². The maximum absolute atomic E-state index is 12.0. The number of nitrogens with one attached hydrogen (secondary N) is 1. The van der Waals surface area contributed by atoms with Gasteiger partial charge in [-0.25, -0.2) is 0 Å². The van der Waals surface area contributed by atoms with E-state index in [-0.39, 0.29) is 24.0 Å². The van der Waals surface area contributed by atoms with Crippen LogP contribution in [0.1, 0.15) is 51.0 Å². The highest BCUT2D eigenvalue weighted by Crippen LogP contribution is 2.37. The van der Waals surface area contributed by atoms with Crippen molar-refractivity contribution in [3.05, 3.63) is 29.8 Å². The van der Waals surface area contributed by atoms with Gasteiger partial charge >= 0.3 is 0 Å². The molecule has 0 spiro atoms. The normalized spacial score (nSPS) is 23.7. The standard InChI is InChI=1S/C19H29NO3/c1-15-7-5-8-16(13-15)23-12-4-3-10-18(22)20-17-9-6-11-19(17,2)14-21/h5,7-8,13,17,21H,3-4,6,9-12,14H2,1-2H3,(H,20,22). The molecule has 4 heteroatoms. The Morgan fingerprint density at radius 3 is 3.00 bits per heavy atom. The topological polar surface area (TPSA) is 58.6 Å². The van der Waals surface area contributed by atoms with Gasteiger partial charge in [0.25, 0.3) is 0 Å². The molecule has 2 atom stereocenters. The summed E-state index contributed by atoms with van der Waals surface area (Å²) in [7, 11) is 0. The zero-order chi connectivity index (χ0) is 16.7. The van der Waals surface area contributed by atoms with Crippen molar-refractivity contribution in [3.8, 4) is 5.75 Å². The molecule has 0 aliphatic heterocycles. The Hall–Kier alpha value is -1.55. The number of amides is 1. The number of ether oxygens (including phenoxy) is 1. The fourth-order valence-corrected chi connectivity index (χ4v) is 3.22. The van der Waals surface area contributed by atoms with Gasteiger partial charge in [0.15, 0.2) is 0 Å². The van der Waals surface area contributed by atoms with Crippen LogP contribution in [0.15, 0.2) is 24.3 Å². The molecule has 23 heavy (non-hydrogen) atoms. The van der Waals surface area contributed by atoms with Crippen molar-refractivity contribution >= 4 is 5.91 Å². The van der Waals surface area contributed by atoms with Gasteiger partial charge in [0, 0.05) is 17.9 Å². The number of unbranched alkanes of at least 4 members (excludes halogenated alkanes) is 1. The van der Waals surface area contributed by atoms with Crippen LogP contribution in [0.5, 0.6) is 5.75 Å². The SMILES string of the molecule is Cc1cccc(OCCCCC(=O)NC2CCCC2(C)CO)c1. The quantitative estimate of drug-likeness (QED) is 0.723. The van der Waals surface area contributed by atoms with Gasteiger partial charge in [0.2, 0.25) is 5.91 Å². The largest absolute Gasteiger partial charge is 0.494 e. The summed E-state index contributed by atoms with van der Waals surface area (Å²) < 4.78 is 5.69. The van der Waals surface area contributed by atoms with Gasteiger partial charge in [-0.3, -0.25) is 4.79 Å². The second-order valence-corrected chi connectivity index (χ2v) is 6.95. The van der Waals surface area contributed by atoms with E-state index < -0.39 is 0 Å². The van der Waals surface area contributed by atoms with E-state index in [4.69, 9.17) is 4.74 Å². The van der Waals surface area contributed by atoms with Crippen LogP contribution >= 0.6 is 0 Å². The Labute approximate surface area is 139 Å². The molecule has 1 aliphatic rings. The molecule has 1 aliphatic carbocycles. The summed E-state index contributed by atoms with van der Waals surface area (Å²) in [6, 6.07) is 8.11. The lowest BCUT2D eigenvalue weighted by Crippen LogP contribution is -2.44. The Morgan fingerprint density at radius 1 is 1.43 bits per heavy atom. The first-order valence-corrected chi connectivity index (χ1v) is 8.63. The average molecular weight is 319 g/mol. The van der Waals surface area contributed by atoms with Gasteiger partial charge in [0.1, 0.15) is 5.75 Å². The lowest BCUT2D eigenvalue weighted by atomic mass is 9.86. The number of hydrogen-bond acceptors (Lipinski definition) is 3. The minimum absolute atomic E-state index is 0.0899. The Kier molecular flexibility index (Phi) is 6.46. The number of rotatable bonds is 8. The molecule has 2 rings (SSSR count). The van der Waals surface area contributed by atoms with Crippen molar-refractivity contribution in [2.75, 3.05) is 13.2 Å². The third kappa shape index (κ3) is 5.24. The fraction of sp³-hybridized carbons (Fsp3) is 0.632. The van der Waals surface area contributed by atoms with E-state index in [1.54, 1.807) is 0 Å². The second-order valence-electron chi connectivity index (χ2n) is 6.95. The van der Waals surface area contributed by atoms with E-state index in [1.807, 2.05) is 31.2 Å². The molecule has 0 saturated heterocycles. The number of benzene rings is 1. The van der Waals surface area contributed by atoms with E-state index in [0.717, 1.165) is 37.9 Å². The summed E-state index contributed by atoms with van der Waals surface area (Å²) in [5.41, 5.74) is 1.04. The number of aliphatic hydroxyl groups excluding tert-OH is 1. The zero-order valence-corrected chi connectivity index (χ0v) is 14.3. The lowest BCUT2D eigenvalue weighted by Gasteiger charge is -2.30. The maximum Gasteiger partial charge on any atom is 0.220 e. The highest BCUT2D eigenvalue weighted by atomic mass is 16.5. The minimum Gasteiger partial charge on any atom is -0.494 e. The molecule has 4 nitrogen and oxygen atoms in total. The second kappa shape index (κ2) is 8.34. The zero-order valence-electron chi connectivity index (χ0n) is 14.3. The summed E-state index contributed by atoms with van der Waals surface area (Å²) in [4.78, 5) is 12.0. The molecule has 2 unspecified atom stereocenters. The molecular formula is C19H29NO3. The number of aryl methyl sites for hydroxylation is 1. The highest BCUT2D eigenvalue weighted by molar-refractivity contribution is 5.76. The number of carbonyl (C=O) groups is 1. The van der Waals surface area contributed by atoms with Gasteiger partial charge in [-0.1, -0.05) is 25.5 Å². The Bertz CT molecular complexity index is 517. The van der Waals surface area contributed by atoms with Crippen molar-refractivity contribution in [3.63, 3.8) is 0 Å². The van der Waals surface area contributed by atoms with Crippen molar-refractivity contribution in [1.82, 2.24) is 5.32 Å². The first-order valence-electron chi connectivity index (χ1n) is 8.63. The fourth-order valence-electron chi connectivity index (χ4n) is 3.22. The first kappa shape index (κ1) is 17.8. The summed E-state index contributed by atoms with van der Waals surface area (Å²) in [6.45, 7) is 4.87. The smallest absolute Gasteiger partial charge is 0.220 e. The predicted octanol–water partition coefficient (Wildman–Crippen LogP) is 3.21. The Balaban J connectivity index is 1.62. The molecule has 1 fully saturated rings. The maximum atomic E-state index is 12.0. The van der Waals surface area contributed by atoms with Gasteiger partial charge in [-0.15, -0.1) is 0 Å². The van der Waals surface area contributed by atoms with E-state index in [0.29, 0.717) is 13.0 Å². The average Bonchev–Trinajstić information content (AvgIpc) is 2.88. The highest BCUT2D eigenvalue weighted by Gasteiger charge is 2.38. The molecule has 0 bridgehead atoms. The Morgan fingerprint density at radius 2 is 2.26 bits per heavy atom. The first-order chi connectivity index (χ1) is 11.0. The van der Waals surface area contributed by atoms with Crippen molar-refractivity contribution in [2.45, 2.75) is 58.4 Å².